The number of carbonyl (C=O) groups is 1. The molecule has 0 aliphatic heterocycles. The molecule has 0 bridgehead atoms. The van der Waals surface area contributed by atoms with Crippen LogP contribution >= 0.6 is 0 Å². The van der Waals surface area contributed by atoms with Crippen LogP contribution in [-0.4, -0.2) is 25.8 Å². The minimum absolute atomic E-state index is 0.265. The summed E-state index contributed by atoms with van der Waals surface area (Å²) < 4.78 is 6.09. The number of nitrogens with zero attached hydrogens (tertiary/aromatic N) is 4. The van der Waals surface area contributed by atoms with Crippen LogP contribution in [0.3, 0.4) is 0 Å². The van der Waals surface area contributed by atoms with Gasteiger partial charge >= 0.3 is 0 Å². The quantitative estimate of drug-likeness (QED) is 0.512. The van der Waals surface area contributed by atoms with Crippen LogP contribution in [0.4, 0.5) is 5.69 Å². The van der Waals surface area contributed by atoms with Crippen molar-refractivity contribution < 1.29 is 9.53 Å². The average molecular weight is 395 g/mol. The molecule has 3 aromatic heterocycles. The summed E-state index contributed by atoms with van der Waals surface area (Å²) in [5.41, 5.74) is 3.21. The van der Waals surface area contributed by atoms with Crippen molar-refractivity contribution in [3.63, 3.8) is 0 Å². The van der Waals surface area contributed by atoms with Gasteiger partial charge in [-0.1, -0.05) is 18.7 Å². The smallest absolute Gasteiger partial charge is 0.255 e. The number of benzene rings is 1. The summed E-state index contributed by atoms with van der Waals surface area (Å²) in [6.07, 6.45) is 9.63. The molecule has 0 aliphatic carbocycles. The lowest BCUT2D eigenvalue weighted by atomic mass is 10.1. The van der Waals surface area contributed by atoms with E-state index in [-0.39, 0.29) is 5.91 Å². The Balaban J connectivity index is 1.66. The number of rotatable bonds is 6. The molecule has 3 heterocycles. The van der Waals surface area contributed by atoms with Gasteiger partial charge < -0.3 is 10.1 Å². The first kappa shape index (κ1) is 18.9. The van der Waals surface area contributed by atoms with E-state index < -0.39 is 0 Å². The number of anilines is 1. The fourth-order valence-corrected chi connectivity index (χ4v) is 2.79. The largest absolute Gasteiger partial charge is 0.438 e. The van der Waals surface area contributed by atoms with Gasteiger partial charge in [-0.05, 0) is 42.5 Å². The molecule has 146 valence electrons. The number of ether oxygens (including phenoxy) is 1. The summed E-state index contributed by atoms with van der Waals surface area (Å²) in [7, 11) is 0. The molecule has 7 nitrogen and oxygen atoms in total. The highest BCUT2D eigenvalue weighted by atomic mass is 16.5. The first-order valence-corrected chi connectivity index (χ1v) is 9.12. The number of carbonyl (C=O) groups excluding carboxylic acids is 1. The Labute approximate surface area is 173 Å². The van der Waals surface area contributed by atoms with E-state index in [0.29, 0.717) is 34.1 Å². The van der Waals surface area contributed by atoms with Crippen LogP contribution in [0.5, 0.6) is 11.6 Å². The second kappa shape index (κ2) is 8.74. The predicted octanol–water partition coefficient (Wildman–Crippen LogP) is 4.62. The van der Waals surface area contributed by atoms with Gasteiger partial charge in [-0.3, -0.25) is 9.78 Å². The Morgan fingerprint density at radius 1 is 0.967 bits per heavy atom. The summed E-state index contributed by atoms with van der Waals surface area (Å²) in [5, 5.41) is 2.83. The van der Waals surface area contributed by atoms with E-state index in [1.54, 1.807) is 73.3 Å². The average Bonchev–Trinajstić information content (AvgIpc) is 2.80. The molecule has 7 heteroatoms. The van der Waals surface area contributed by atoms with Crippen LogP contribution in [-0.2, 0) is 0 Å². The highest BCUT2D eigenvalue weighted by molar-refractivity contribution is 6.04. The van der Waals surface area contributed by atoms with Crippen molar-refractivity contribution in [1.82, 2.24) is 19.9 Å². The Kier molecular flexibility index (Phi) is 5.52. The molecule has 1 N–H and O–H groups in total. The maximum absolute atomic E-state index is 12.7. The van der Waals surface area contributed by atoms with Gasteiger partial charge in [0, 0.05) is 41.6 Å². The van der Waals surface area contributed by atoms with Gasteiger partial charge in [0.2, 0.25) is 5.88 Å². The zero-order valence-electron chi connectivity index (χ0n) is 15.9. The Morgan fingerprint density at radius 2 is 1.80 bits per heavy atom. The topological polar surface area (TPSA) is 89.9 Å². The number of aromatic nitrogens is 4. The lowest BCUT2D eigenvalue weighted by Crippen LogP contribution is -2.12. The Hall–Kier alpha value is -4.39. The molecule has 0 atom stereocenters. The van der Waals surface area contributed by atoms with Crippen LogP contribution in [0.15, 0.2) is 86.2 Å². The van der Waals surface area contributed by atoms with Gasteiger partial charge in [-0.15, -0.1) is 0 Å². The van der Waals surface area contributed by atoms with Crippen molar-refractivity contribution in [1.29, 1.82) is 0 Å². The lowest BCUT2D eigenvalue weighted by molar-refractivity contribution is 0.102. The number of hydrogen-bond donors (Lipinski definition) is 1. The number of pyridine rings is 2. The SMILES string of the molecule is C=Cc1ccc(C(=O)Nc2ccncc2)cc1Oc1ncccc1-c1ccncn1. The molecule has 0 fully saturated rings. The molecule has 1 aromatic carbocycles. The van der Waals surface area contributed by atoms with Crippen LogP contribution in [0.1, 0.15) is 15.9 Å². The van der Waals surface area contributed by atoms with E-state index in [1.165, 1.54) is 6.33 Å². The number of hydrogen-bond acceptors (Lipinski definition) is 6. The van der Waals surface area contributed by atoms with E-state index in [4.69, 9.17) is 4.74 Å². The predicted molar refractivity (Wildman–Crippen MR) is 114 cm³/mol. The molecule has 0 spiro atoms. The van der Waals surface area contributed by atoms with Gasteiger partial charge in [0.25, 0.3) is 5.91 Å². The normalized spacial score (nSPS) is 10.3. The van der Waals surface area contributed by atoms with Gasteiger partial charge in [-0.25, -0.2) is 15.0 Å². The molecule has 0 aliphatic rings. The number of amides is 1. The van der Waals surface area contributed by atoms with Crippen molar-refractivity contribution in [3.8, 4) is 22.9 Å². The van der Waals surface area contributed by atoms with Crippen molar-refractivity contribution >= 4 is 17.7 Å². The van der Waals surface area contributed by atoms with E-state index in [2.05, 4.69) is 31.8 Å². The highest BCUT2D eigenvalue weighted by Crippen LogP contribution is 2.32. The Bertz CT molecular complexity index is 1180. The zero-order valence-corrected chi connectivity index (χ0v) is 15.9. The fraction of sp³-hybridized carbons (Fsp3) is 0. The van der Waals surface area contributed by atoms with E-state index >= 15 is 0 Å². The fourth-order valence-electron chi connectivity index (χ4n) is 2.79. The third-order valence-electron chi connectivity index (χ3n) is 4.27. The first-order valence-electron chi connectivity index (χ1n) is 9.12. The van der Waals surface area contributed by atoms with Crippen LogP contribution < -0.4 is 10.1 Å². The molecular formula is C23H17N5O2. The lowest BCUT2D eigenvalue weighted by Gasteiger charge is -2.13. The summed E-state index contributed by atoms with van der Waals surface area (Å²) in [6, 6.07) is 14.0. The van der Waals surface area contributed by atoms with E-state index in [1.807, 2.05) is 6.07 Å². The standard InChI is InChI=1S/C23H17N5O2/c1-2-16-5-6-17(22(29)28-18-7-11-24-12-8-18)14-21(16)30-23-19(4-3-10-26-23)20-9-13-25-15-27-20/h2-15H,1H2,(H,24,28,29). The maximum atomic E-state index is 12.7. The van der Waals surface area contributed by atoms with Crippen LogP contribution in [0, 0.1) is 0 Å². The molecular weight excluding hydrogens is 378 g/mol. The van der Waals surface area contributed by atoms with Gasteiger partial charge in [0.1, 0.15) is 12.1 Å². The van der Waals surface area contributed by atoms with Crippen LogP contribution in [0.25, 0.3) is 17.3 Å². The van der Waals surface area contributed by atoms with Crippen molar-refractivity contribution in [2.45, 2.75) is 0 Å². The van der Waals surface area contributed by atoms with Gasteiger partial charge in [-0.2, -0.15) is 0 Å². The van der Waals surface area contributed by atoms with E-state index in [9.17, 15) is 4.79 Å². The van der Waals surface area contributed by atoms with Gasteiger partial charge in [0.05, 0.1) is 11.3 Å². The molecule has 4 aromatic rings. The molecule has 4 rings (SSSR count). The van der Waals surface area contributed by atoms with E-state index in [0.717, 1.165) is 5.56 Å². The zero-order chi connectivity index (χ0) is 20.8. The molecule has 0 saturated carbocycles. The molecule has 30 heavy (non-hydrogen) atoms. The monoisotopic (exact) mass is 395 g/mol. The van der Waals surface area contributed by atoms with Crippen molar-refractivity contribution in [2.24, 2.45) is 0 Å². The van der Waals surface area contributed by atoms with Crippen molar-refractivity contribution in [3.05, 3.63) is 97.4 Å². The highest BCUT2D eigenvalue weighted by Gasteiger charge is 2.14. The minimum Gasteiger partial charge on any atom is -0.438 e. The van der Waals surface area contributed by atoms with Crippen molar-refractivity contribution in [2.75, 3.05) is 5.32 Å². The summed E-state index contributed by atoms with van der Waals surface area (Å²) in [5.74, 6) is 0.561. The summed E-state index contributed by atoms with van der Waals surface area (Å²) in [4.78, 5) is 29.2. The first-order chi connectivity index (χ1) is 14.7. The number of nitrogens with one attached hydrogen (secondary N) is 1. The third kappa shape index (κ3) is 4.20. The summed E-state index contributed by atoms with van der Waals surface area (Å²) >= 11 is 0. The molecule has 0 unspecified atom stereocenters. The van der Waals surface area contributed by atoms with Crippen LogP contribution in [0.2, 0.25) is 0 Å². The third-order valence-corrected chi connectivity index (χ3v) is 4.27. The Morgan fingerprint density at radius 3 is 2.57 bits per heavy atom. The second-order valence-electron chi connectivity index (χ2n) is 6.20. The molecule has 0 radical (unpaired) electrons. The molecule has 1 amide bonds. The maximum Gasteiger partial charge on any atom is 0.255 e. The second-order valence-corrected chi connectivity index (χ2v) is 6.20. The van der Waals surface area contributed by atoms with Gasteiger partial charge in [0.15, 0.2) is 0 Å². The summed E-state index contributed by atoms with van der Waals surface area (Å²) in [6.45, 7) is 3.83. The minimum atomic E-state index is -0.265. The molecule has 0 saturated heterocycles.